The zero-order chi connectivity index (χ0) is 13.7. The highest BCUT2D eigenvalue weighted by Gasteiger charge is 2.17. The van der Waals surface area contributed by atoms with Crippen molar-refractivity contribution >= 4 is 11.6 Å². The lowest BCUT2D eigenvalue weighted by atomic mass is 10.1. The van der Waals surface area contributed by atoms with E-state index < -0.39 is 5.82 Å². The lowest BCUT2D eigenvalue weighted by Crippen LogP contribution is -2.35. The van der Waals surface area contributed by atoms with Gasteiger partial charge in [-0.1, -0.05) is 24.3 Å². The van der Waals surface area contributed by atoms with Gasteiger partial charge in [-0.05, 0) is 30.3 Å². The Morgan fingerprint density at radius 3 is 2.47 bits per heavy atom. The molecule has 0 unspecified atom stereocenters. The van der Waals surface area contributed by atoms with E-state index in [-0.39, 0.29) is 5.91 Å². The second-order valence-electron chi connectivity index (χ2n) is 4.09. The lowest BCUT2D eigenvalue weighted by Gasteiger charge is -2.22. The molecule has 4 heteroatoms. The molecule has 0 aliphatic rings. The molecule has 0 saturated carbocycles. The summed E-state index contributed by atoms with van der Waals surface area (Å²) in [5, 5.41) is 0. The van der Waals surface area contributed by atoms with Crippen LogP contribution in [0.2, 0.25) is 0 Å². The molecule has 1 amide bonds. The number of para-hydroxylation sites is 1. The van der Waals surface area contributed by atoms with Crippen LogP contribution in [0.3, 0.4) is 0 Å². The second-order valence-corrected chi connectivity index (χ2v) is 4.09. The van der Waals surface area contributed by atoms with E-state index in [0.717, 1.165) is 5.69 Å². The van der Waals surface area contributed by atoms with E-state index in [0.29, 0.717) is 18.7 Å². The van der Waals surface area contributed by atoms with Gasteiger partial charge in [0.15, 0.2) is 0 Å². The molecule has 0 spiro atoms. The van der Waals surface area contributed by atoms with Crippen molar-refractivity contribution in [1.82, 2.24) is 0 Å². The molecule has 98 valence electrons. The number of nitrogens with zero attached hydrogens (tertiary/aromatic N) is 1. The van der Waals surface area contributed by atoms with Crippen LogP contribution in [-0.4, -0.2) is 19.0 Å². The van der Waals surface area contributed by atoms with Gasteiger partial charge in [0, 0.05) is 24.3 Å². The highest BCUT2D eigenvalue weighted by atomic mass is 19.1. The Morgan fingerprint density at radius 1 is 1.11 bits per heavy atom. The molecule has 0 aliphatic heterocycles. The first-order chi connectivity index (χ1) is 9.22. The van der Waals surface area contributed by atoms with Crippen molar-refractivity contribution in [2.45, 2.75) is 0 Å². The van der Waals surface area contributed by atoms with Crippen molar-refractivity contribution in [3.05, 3.63) is 66.0 Å². The number of benzene rings is 2. The number of carbonyl (C=O) groups excluding carboxylic acids is 1. The summed E-state index contributed by atoms with van der Waals surface area (Å²) in [6.45, 7) is 0.731. The van der Waals surface area contributed by atoms with E-state index in [4.69, 9.17) is 5.73 Å². The summed E-state index contributed by atoms with van der Waals surface area (Å²) in [5.41, 5.74) is 6.61. The summed E-state index contributed by atoms with van der Waals surface area (Å²) in [7, 11) is 0. The van der Waals surface area contributed by atoms with Crippen molar-refractivity contribution in [3.8, 4) is 0 Å². The molecule has 0 atom stereocenters. The minimum absolute atomic E-state index is 0.254. The van der Waals surface area contributed by atoms with Crippen LogP contribution in [0.15, 0.2) is 54.6 Å². The van der Waals surface area contributed by atoms with Crippen LogP contribution in [0.4, 0.5) is 10.1 Å². The van der Waals surface area contributed by atoms with E-state index in [1.54, 1.807) is 11.0 Å². The van der Waals surface area contributed by atoms with Crippen molar-refractivity contribution in [1.29, 1.82) is 0 Å². The topological polar surface area (TPSA) is 46.3 Å². The zero-order valence-corrected chi connectivity index (χ0v) is 10.4. The molecule has 0 bridgehead atoms. The largest absolute Gasteiger partial charge is 0.329 e. The van der Waals surface area contributed by atoms with Gasteiger partial charge >= 0.3 is 0 Å². The van der Waals surface area contributed by atoms with E-state index in [1.165, 1.54) is 18.2 Å². The number of rotatable bonds is 4. The number of carbonyl (C=O) groups is 1. The summed E-state index contributed by atoms with van der Waals surface area (Å²) in [5.74, 6) is -0.678. The van der Waals surface area contributed by atoms with Crippen LogP contribution in [0.25, 0.3) is 0 Å². The Bertz CT molecular complexity index is 557. The van der Waals surface area contributed by atoms with Gasteiger partial charge in [0.2, 0.25) is 0 Å². The summed E-state index contributed by atoms with van der Waals surface area (Å²) < 4.78 is 13.2. The van der Waals surface area contributed by atoms with Gasteiger partial charge in [0.1, 0.15) is 5.82 Å². The molecule has 19 heavy (non-hydrogen) atoms. The highest BCUT2D eigenvalue weighted by Crippen LogP contribution is 2.16. The Hall–Kier alpha value is -2.20. The van der Waals surface area contributed by atoms with E-state index in [2.05, 4.69) is 0 Å². The third kappa shape index (κ3) is 3.17. The Labute approximate surface area is 111 Å². The number of amides is 1. The third-order valence-electron chi connectivity index (χ3n) is 2.74. The van der Waals surface area contributed by atoms with Crippen LogP contribution in [0.1, 0.15) is 10.4 Å². The quantitative estimate of drug-likeness (QED) is 0.915. The zero-order valence-electron chi connectivity index (χ0n) is 10.4. The second kappa shape index (κ2) is 6.11. The van der Waals surface area contributed by atoms with Crippen molar-refractivity contribution in [2.24, 2.45) is 5.73 Å². The van der Waals surface area contributed by atoms with Crippen LogP contribution in [0.5, 0.6) is 0 Å². The maximum absolute atomic E-state index is 13.2. The minimum Gasteiger partial charge on any atom is -0.329 e. The Morgan fingerprint density at radius 2 is 1.84 bits per heavy atom. The van der Waals surface area contributed by atoms with Gasteiger partial charge in [0.05, 0.1) is 0 Å². The first kappa shape index (κ1) is 13.2. The number of hydrogen-bond acceptors (Lipinski definition) is 2. The predicted molar refractivity (Wildman–Crippen MR) is 73.6 cm³/mol. The molecule has 2 aromatic carbocycles. The number of hydrogen-bond donors (Lipinski definition) is 1. The maximum Gasteiger partial charge on any atom is 0.258 e. The van der Waals surface area contributed by atoms with Crippen LogP contribution in [-0.2, 0) is 0 Å². The number of nitrogens with two attached hydrogens (primary N) is 1. The first-order valence-corrected chi connectivity index (χ1v) is 6.05. The van der Waals surface area contributed by atoms with Crippen molar-refractivity contribution in [2.75, 3.05) is 18.0 Å². The smallest absolute Gasteiger partial charge is 0.258 e. The predicted octanol–water partition coefficient (Wildman–Crippen LogP) is 2.43. The molecule has 0 radical (unpaired) electrons. The minimum atomic E-state index is -0.424. The summed E-state index contributed by atoms with van der Waals surface area (Å²) in [4.78, 5) is 13.9. The number of halogens is 1. The molecule has 2 N–H and O–H groups in total. The van der Waals surface area contributed by atoms with Gasteiger partial charge in [-0.2, -0.15) is 0 Å². The number of anilines is 1. The normalized spacial score (nSPS) is 10.2. The molecule has 0 saturated heterocycles. The monoisotopic (exact) mass is 258 g/mol. The molecule has 0 aliphatic carbocycles. The molecular weight excluding hydrogens is 243 g/mol. The van der Waals surface area contributed by atoms with Crippen LogP contribution < -0.4 is 10.6 Å². The van der Waals surface area contributed by atoms with Crippen molar-refractivity contribution in [3.63, 3.8) is 0 Å². The van der Waals surface area contributed by atoms with Gasteiger partial charge in [-0.25, -0.2) is 4.39 Å². The van der Waals surface area contributed by atoms with Gasteiger partial charge in [0.25, 0.3) is 5.91 Å². The average Bonchev–Trinajstić information content (AvgIpc) is 2.45. The standard InChI is InChI=1S/C15H15FN2O/c16-13-6-4-5-12(11-13)15(19)18(10-9-17)14-7-2-1-3-8-14/h1-8,11H,9-10,17H2. The molecule has 0 aromatic heterocycles. The van der Waals surface area contributed by atoms with Crippen LogP contribution >= 0.6 is 0 Å². The molecule has 2 rings (SSSR count). The summed E-state index contributed by atoms with van der Waals surface area (Å²) in [6.07, 6.45) is 0. The summed E-state index contributed by atoms with van der Waals surface area (Å²) >= 11 is 0. The van der Waals surface area contributed by atoms with E-state index in [1.807, 2.05) is 30.3 Å². The Kier molecular flexibility index (Phi) is 4.26. The highest BCUT2D eigenvalue weighted by molar-refractivity contribution is 6.06. The maximum atomic E-state index is 13.2. The lowest BCUT2D eigenvalue weighted by molar-refractivity contribution is 0.0987. The van der Waals surface area contributed by atoms with Gasteiger partial charge in [-0.15, -0.1) is 0 Å². The Balaban J connectivity index is 2.32. The molecular formula is C15H15FN2O. The first-order valence-electron chi connectivity index (χ1n) is 6.05. The molecule has 0 fully saturated rings. The van der Waals surface area contributed by atoms with Gasteiger partial charge < -0.3 is 10.6 Å². The van der Waals surface area contributed by atoms with E-state index >= 15 is 0 Å². The van der Waals surface area contributed by atoms with Crippen molar-refractivity contribution < 1.29 is 9.18 Å². The average molecular weight is 258 g/mol. The van der Waals surface area contributed by atoms with E-state index in [9.17, 15) is 9.18 Å². The van der Waals surface area contributed by atoms with Crippen LogP contribution in [0, 0.1) is 5.82 Å². The fourth-order valence-corrected chi connectivity index (χ4v) is 1.86. The fraction of sp³-hybridized carbons (Fsp3) is 0.133. The molecule has 0 heterocycles. The molecule has 2 aromatic rings. The SMILES string of the molecule is NCCN(C(=O)c1cccc(F)c1)c1ccccc1. The molecule has 3 nitrogen and oxygen atoms in total. The fourth-order valence-electron chi connectivity index (χ4n) is 1.86. The third-order valence-corrected chi connectivity index (χ3v) is 2.74. The summed E-state index contributed by atoms with van der Waals surface area (Å²) in [6, 6.07) is 14.9. The van der Waals surface area contributed by atoms with Gasteiger partial charge in [-0.3, -0.25) is 4.79 Å².